The van der Waals surface area contributed by atoms with Crippen LogP contribution in [0.1, 0.15) is 335 Å². The Labute approximate surface area is 424 Å². The number of aliphatic hydroxyl groups is 2. The lowest BCUT2D eigenvalue weighted by Gasteiger charge is -2.20. The fourth-order valence-corrected chi connectivity index (χ4v) is 9.51. The van der Waals surface area contributed by atoms with Crippen LogP contribution in [0.15, 0.2) is 24.3 Å². The molecule has 0 fully saturated rings. The van der Waals surface area contributed by atoms with E-state index in [1.807, 2.05) is 6.08 Å². The van der Waals surface area contributed by atoms with Crippen LogP contribution in [0, 0.1) is 0 Å². The molecule has 0 aromatic heterocycles. The van der Waals surface area contributed by atoms with Gasteiger partial charge in [-0.05, 0) is 57.8 Å². The van der Waals surface area contributed by atoms with Crippen LogP contribution in [0.5, 0.6) is 0 Å². The van der Waals surface area contributed by atoms with E-state index >= 15 is 0 Å². The smallest absolute Gasteiger partial charge is 0.305 e. The molecule has 402 valence electrons. The lowest BCUT2D eigenvalue weighted by atomic mass is 10.0. The number of hydrogen-bond acceptors (Lipinski definition) is 5. The maximum atomic E-state index is 12.5. The molecule has 0 bridgehead atoms. The molecule has 0 saturated heterocycles. The highest BCUT2D eigenvalue weighted by atomic mass is 16.5. The minimum Gasteiger partial charge on any atom is -0.466 e. The Kier molecular flexibility index (Phi) is 56.5. The fourth-order valence-electron chi connectivity index (χ4n) is 9.51. The summed E-state index contributed by atoms with van der Waals surface area (Å²) < 4.78 is 5.49. The summed E-state index contributed by atoms with van der Waals surface area (Å²) >= 11 is 0. The minimum atomic E-state index is -0.852. The highest BCUT2D eigenvalue weighted by Crippen LogP contribution is 2.17. The van der Waals surface area contributed by atoms with Gasteiger partial charge in [0.1, 0.15) is 0 Å². The number of esters is 1. The van der Waals surface area contributed by atoms with Crippen molar-refractivity contribution in [3.8, 4) is 0 Å². The van der Waals surface area contributed by atoms with E-state index in [2.05, 4.69) is 31.3 Å². The molecule has 0 rings (SSSR count). The van der Waals surface area contributed by atoms with Gasteiger partial charge in [0.25, 0.3) is 0 Å². The Hall–Kier alpha value is -1.66. The highest BCUT2D eigenvalue weighted by molar-refractivity contribution is 5.76. The molecule has 2 atom stereocenters. The number of allylic oxidation sites excluding steroid dienone is 3. The molecule has 0 heterocycles. The van der Waals surface area contributed by atoms with Gasteiger partial charge in [0.05, 0.1) is 25.4 Å². The molecule has 0 aliphatic heterocycles. The maximum Gasteiger partial charge on any atom is 0.305 e. The van der Waals surface area contributed by atoms with Crippen molar-refractivity contribution in [1.82, 2.24) is 5.32 Å². The van der Waals surface area contributed by atoms with Gasteiger partial charge in [0, 0.05) is 12.8 Å². The summed E-state index contributed by atoms with van der Waals surface area (Å²) in [6, 6.07) is -0.636. The molecule has 0 radical (unpaired) electrons. The van der Waals surface area contributed by atoms with E-state index in [0.29, 0.717) is 19.4 Å². The molecule has 0 aliphatic rings. The number of aliphatic hydroxyl groups excluding tert-OH is 2. The molecule has 3 N–H and O–H groups in total. The second-order valence-electron chi connectivity index (χ2n) is 21.0. The Morgan fingerprint density at radius 3 is 1.04 bits per heavy atom. The zero-order valence-electron chi connectivity index (χ0n) is 45.9. The monoisotopic (exact) mass is 958 g/mol. The molecule has 6 heteroatoms. The molecule has 0 saturated carbocycles. The van der Waals surface area contributed by atoms with Gasteiger partial charge < -0.3 is 20.3 Å². The molecule has 0 spiro atoms. The first kappa shape index (κ1) is 66.3. The third kappa shape index (κ3) is 53.7. The molecule has 6 nitrogen and oxygen atoms in total. The number of carbonyl (C=O) groups is 2. The zero-order chi connectivity index (χ0) is 49.3. The lowest BCUT2D eigenvalue weighted by Crippen LogP contribution is -2.45. The SMILES string of the molecule is CCCCCCCC/C=C\CCCCCCCCCCCC(=O)OCCCCCCCCCCCCCCCCC(=O)NC(CO)C(O)/C=C/CCCCCCCCCCCCCCCCCC. The van der Waals surface area contributed by atoms with E-state index in [1.165, 1.54) is 250 Å². The van der Waals surface area contributed by atoms with Crippen molar-refractivity contribution in [3.05, 3.63) is 24.3 Å². The summed E-state index contributed by atoms with van der Waals surface area (Å²) in [6.07, 6.45) is 70.6. The Morgan fingerprint density at radius 2 is 0.691 bits per heavy atom. The third-order valence-corrected chi connectivity index (χ3v) is 14.2. The van der Waals surface area contributed by atoms with Gasteiger partial charge in [-0.2, -0.15) is 0 Å². The van der Waals surface area contributed by atoms with Gasteiger partial charge in [0.15, 0.2) is 0 Å². The second-order valence-corrected chi connectivity index (χ2v) is 21.0. The van der Waals surface area contributed by atoms with E-state index in [-0.39, 0.29) is 18.5 Å². The van der Waals surface area contributed by atoms with Crippen LogP contribution >= 0.6 is 0 Å². The number of amides is 1. The number of nitrogens with one attached hydrogen (secondary N) is 1. The molecule has 68 heavy (non-hydrogen) atoms. The number of rotatable bonds is 57. The van der Waals surface area contributed by atoms with Gasteiger partial charge in [-0.3, -0.25) is 9.59 Å². The highest BCUT2D eigenvalue weighted by Gasteiger charge is 2.18. The normalized spacial score (nSPS) is 12.7. The van der Waals surface area contributed by atoms with E-state index in [4.69, 9.17) is 4.74 Å². The predicted octanol–water partition coefficient (Wildman–Crippen LogP) is 19.0. The average Bonchev–Trinajstić information content (AvgIpc) is 3.34. The molecule has 2 unspecified atom stereocenters. The molecular formula is C62H119NO5. The fraction of sp³-hybridized carbons (Fsp3) is 0.903. The van der Waals surface area contributed by atoms with Crippen molar-refractivity contribution in [2.24, 2.45) is 0 Å². The van der Waals surface area contributed by atoms with Gasteiger partial charge in [-0.1, -0.05) is 289 Å². The summed E-state index contributed by atoms with van der Waals surface area (Å²) in [7, 11) is 0. The topological polar surface area (TPSA) is 95.9 Å². The Bertz CT molecular complexity index is 1060. The minimum absolute atomic E-state index is 0.00327. The number of unbranched alkanes of at least 4 members (excludes halogenated alkanes) is 44. The maximum absolute atomic E-state index is 12.5. The molecular weight excluding hydrogens is 839 g/mol. The van der Waals surface area contributed by atoms with Gasteiger partial charge in [0.2, 0.25) is 5.91 Å². The Balaban J connectivity index is 3.45. The van der Waals surface area contributed by atoms with Crippen LogP contribution in [0.3, 0.4) is 0 Å². The third-order valence-electron chi connectivity index (χ3n) is 14.2. The van der Waals surface area contributed by atoms with Gasteiger partial charge in [-0.25, -0.2) is 0 Å². The van der Waals surface area contributed by atoms with E-state index < -0.39 is 12.1 Å². The Morgan fingerprint density at radius 1 is 0.397 bits per heavy atom. The van der Waals surface area contributed by atoms with Crippen LogP contribution in [0.25, 0.3) is 0 Å². The van der Waals surface area contributed by atoms with Crippen LogP contribution in [0.2, 0.25) is 0 Å². The van der Waals surface area contributed by atoms with Crippen LogP contribution in [0.4, 0.5) is 0 Å². The quantitative estimate of drug-likeness (QED) is 0.0321. The summed E-state index contributed by atoms with van der Waals surface area (Å²) in [5, 5.41) is 23.2. The first-order valence-corrected chi connectivity index (χ1v) is 30.6. The standard InChI is InChI=1S/C62H119NO5/c1-3-5-7-9-11-13-15-17-19-21-23-25-27-32-36-40-44-48-52-56-62(67)68-57-53-49-45-41-37-33-29-28-31-35-39-43-47-51-55-61(66)63-59(58-64)60(65)54-50-46-42-38-34-30-26-24-22-20-18-16-14-12-10-8-6-4-2/h17,19,50,54,59-60,64-65H,3-16,18,20-49,51-53,55-58H2,1-2H3,(H,63,66)/b19-17-,54-50+. The van der Waals surface area contributed by atoms with Crippen molar-refractivity contribution >= 4 is 11.9 Å². The largest absolute Gasteiger partial charge is 0.466 e. The number of hydrogen-bond donors (Lipinski definition) is 3. The lowest BCUT2D eigenvalue weighted by molar-refractivity contribution is -0.143. The number of ether oxygens (including phenoxy) is 1. The average molecular weight is 959 g/mol. The molecule has 1 amide bonds. The van der Waals surface area contributed by atoms with Crippen LogP contribution in [-0.4, -0.2) is 47.4 Å². The number of carbonyl (C=O) groups excluding carboxylic acids is 2. The van der Waals surface area contributed by atoms with Crippen LogP contribution < -0.4 is 5.32 Å². The van der Waals surface area contributed by atoms with E-state index in [1.54, 1.807) is 6.08 Å². The molecule has 0 aromatic rings. The molecule has 0 aromatic carbocycles. The van der Waals surface area contributed by atoms with Crippen molar-refractivity contribution in [2.45, 2.75) is 347 Å². The summed E-state index contributed by atoms with van der Waals surface area (Å²) in [4.78, 5) is 24.6. The predicted molar refractivity (Wildman–Crippen MR) is 296 cm³/mol. The second kappa shape index (κ2) is 57.9. The van der Waals surface area contributed by atoms with Crippen molar-refractivity contribution < 1.29 is 24.5 Å². The van der Waals surface area contributed by atoms with Crippen molar-refractivity contribution in [2.75, 3.05) is 13.2 Å². The first-order valence-electron chi connectivity index (χ1n) is 30.6. The van der Waals surface area contributed by atoms with Gasteiger partial charge >= 0.3 is 5.97 Å². The van der Waals surface area contributed by atoms with Crippen molar-refractivity contribution in [3.63, 3.8) is 0 Å². The zero-order valence-corrected chi connectivity index (χ0v) is 45.9. The summed E-state index contributed by atoms with van der Waals surface area (Å²) in [6.45, 7) is 4.90. The summed E-state index contributed by atoms with van der Waals surface area (Å²) in [5.74, 6) is -0.0792. The molecule has 0 aliphatic carbocycles. The van der Waals surface area contributed by atoms with Gasteiger partial charge in [-0.15, -0.1) is 0 Å². The van der Waals surface area contributed by atoms with E-state index in [9.17, 15) is 19.8 Å². The van der Waals surface area contributed by atoms with Crippen LogP contribution in [-0.2, 0) is 14.3 Å². The summed E-state index contributed by atoms with van der Waals surface area (Å²) in [5.41, 5.74) is 0. The van der Waals surface area contributed by atoms with E-state index in [0.717, 1.165) is 57.8 Å². The first-order chi connectivity index (χ1) is 33.5. The van der Waals surface area contributed by atoms with Crippen molar-refractivity contribution in [1.29, 1.82) is 0 Å².